The van der Waals surface area contributed by atoms with Gasteiger partial charge < -0.3 is 10.0 Å². The summed E-state index contributed by atoms with van der Waals surface area (Å²) in [5.74, 6) is -1.45. The highest BCUT2D eigenvalue weighted by Crippen LogP contribution is 2.24. The lowest BCUT2D eigenvalue weighted by molar-refractivity contribution is 0.0670. The molecule has 0 bridgehead atoms. The van der Waals surface area contributed by atoms with E-state index in [0.717, 1.165) is 11.1 Å². The van der Waals surface area contributed by atoms with Gasteiger partial charge in [0.25, 0.3) is 5.91 Å². The molecule has 20 heavy (non-hydrogen) atoms. The lowest BCUT2D eigenvalue weighted by Crippen LogP contribution is -2.28. The molecule has 2 aromatic rings. The summed E-state index contributed by atoms with van der Waals surface area (Å²) >= 11 is 0. The van der Waals surface area contributed by atoms with Gasteiger partial charge in [0, 0.05) is 20.1 Å². The van der Waals surface area contributed by atoms with Crippen LogP contribution < -0.4 is 0 Å². The number of hydrogen-bond donors (Lipinski definition) is 1. The Labute approximate surface area is 115 Å². The van der Waals surface area contributed by atoms with Gasteiger partial charge in [0.1, 0.15) is 11.3 Å². The van der Waals surface area contributed by atoms with Crippen molar-refractivity contribution >= 4 is 11.9 Å². The number of hydrogen-bond acceptors (Lipinski definition) is 3. The van der Waals surface area contributed by atoms with E-state index >= 15 is 0 Å². The molecule has 3 rings (SSSR count). The van der Waals surface area contributed by atoms with E-state index in [2.05, 4.69) is 5.10 Å². The number of benzene rings is 1. The number of carboxylic acid groups (broad SMARTS) is 1. The molecule has 1 aliphatic heterocycles. The smallest absolute Gasteiger partial charge is 0.339 e. The van der Waals surface area contributed by atoms with Gasteiger partial charge in [-0.2, -0.15) is 5.10 Å². The predicted molar refractivity (Wildman–Crippen MR) is 70.2 cm³/mol. The van der Waals surface area contributed by atoms with E-state index in [0.29, 0.717) is 13.1 Å². The molecule has 0 aliphatic carbocycles. The number of fused-ring (bicyclic) bond motifs is 1. The van der Waals surface area contributed by atoms with E-state index in [1.54, 1.807) is 11.9 Å². The van der Waals surface area contributed by atoms with Crippen LogP contribution in [0.3, 0.4) is 0 Å². The van der Waals surface area contributed by atoms with E-state index in [1.807, 2.05) is 24.3 Å². The monoisotopic (exact) mass is 271 g/mol. The van der Waals surface area contributed by atoms with Crippen LogP contribution in [0.2, 0.25) is 0 Å². The summed E-state index contributed by atoms with van der Waals surface area (Å²) < 4.78 is 1.31. The predicted octanol–water partition coefficient (Wildman–Crippen LogP) is 1.27. The molecule has 0 unspecified atom stereocenters. The molecule has 1 aliphatic rings. The van der Waals surface area contributed by atoms with Crippen LogP contribution >= 0.6 is 0 Å². The molecular weight excluding hydrogens is 258 g/mol. The van der Waals surface area contributed by atoms with Crippen LogP contribution in [-0.4, -0.2) is 31.7 Å². The van der Waals surface area contributed by atoms with Gasteiger partial charge in [0.2, 0.25) is 0 Å². The summed E-state index contributed by atoms with van der Waals surface area (Å²) in [7, 11) is 1.57. The van der Waals surface area contributed by atoms with E-state index < -0.39 is 5.97 Å². The fourth-order valence-corrected chi connectivity index (χ4v) is 2.47. The molecule has 2 heterocycles. The van der Waals surface area contributed by atoms with E-state index in [9.17, 15) is 9.59 Å². The second-order valence-electron chi connectivity index (χ2n) is 4.77. The lowest BCUT2D eigenvalue weighted by Gasteiger charge is -2.15. The Hall–Kier alpha value is -2.63. The number of nitrogens with zero attached hydrogens (tertiary/aromatic N) is 3. The summed E-state index contributed by atoms with van der Waals surface area (Å²) in [4.78, 5) is 25.3. The number of carbonyl (C=O) groups is 2. The van der Waals surface area contributed by atoms with Gasteiger partial charge in [-0.15, -0.1) is 0 Å². The maximum Gasteiger partial charge on any atom is 0.339 e. The highest BCUT2D eigenvalue weighted by Gasteiger charge is 2.29. The zero-order valence-corrected chi connectivity index (χ0v) is 10.9. The van der Waals surface area contributed by atoms with Crippen molar-refractivity contribution in [3.63, 3.8) is 0 Å². The molecule has 0 atom stereocenters. The summed E-state index contributed by atoms with van der Waals surface area (Å²) in [6, 6.07) is 7.81. The molecule has 0 saturated heterocycles. The molecule has 102 valence electrons. The molecule has 1 amide bonds. The lowest BCUT2D eigenvalue weighted by atomic mass is 10.1. The Kier molecular flexibility index (Phi) is 2.78. The topological polar surface area (TPSA) is 75.4 Å². The van der Waals surface area contributed by atoms with Gasteiger partial charge in [-0.25, -0.2) is 4.79 Å². The van der Waals surface area contributed by atoms with Crippen molar-refractivity contribution in [1.82, 2.24) is 14.7 Å². The Morgan fingerprint density at radius 2 is 1.80 bits per heavy atom. The molecule has 0 spiro atoms. The van der Waals surface area contributed by atoms with Gasteiger partial charge in [-0.3, -0.25) is 9.48 Å². The third-order valence-corrected chi connectivity index (χ3v) is 3.50. The van der Waals surface area contributed by atoms with Crippen LogP contribution in [0.25, 0.3) is 0 Å². The third-order valence-electron chi connectivity index (χ3n) is 3.50. The first-order valence-electron chi connectivity index (χ1n) is 6.19. The van der Waals surface area contributed by atoms with Gasteiger partial charge in [-0.05, 0) is 11.1 Å². The molecule has 0 saturated carbocycles. The summed E-state index contributed by atoms with van der Waals surface area (Å²) in [6.07, 6.45) is 1.21. The van der Waals surface area contributed by atoms with Crippen LogP contribution in [0, 0.1) is 0 Å². The van der Waals surface area contributed by atoms with E-state index in [-0.39, 0.29) is 17.2 Å². The second-order valence-corrected chi connectivity index (χ2v) is 4.77. The van der Waals surface area contributed by atoms with Gasteiger partial charge in [0.05, 0.1) is 6.20 Å². The minimum Gasteiger partial charge on any atom is -0.478 e. The first-order chi connectivity index (χ1) is 9.58. The molecule has 1 aromatic heterocycles. The SMILES string of the molecule is Cn1ncc(C(=O)O)c1C(=O)N1Cc2ccccc2C1. The zero-order chi connectivity index (χ0) is 14.3. The van der Waals surface area contributed by atoms with Crippen molar-refractivity contribution in [3.05, 3.63) is 52.8 Å². The van der Waals surface area contributed by atoms with Crippen LogP contribution in [0.15, 0.2) is 30.5 Å². The van der Waals surface area contributed by atoms with E-state index in [1.165, 1.54) is 10.9 Å². The Bertz CT molecular complexity index is 680. The first-order valence-corrected chi connectivity index (χ1v) is 6.19. The molecule has 1 aromatic carbocycles. The minimum atomic E-state index is -1.14. The highest BCUT2D eigenvalue weighted by molar-refractivity contribution is 6.03. The third kappa shape index (κ3) is 1.85. The molecular formula is C14H13N3O3. The molecule has 6 heteroatoms. The average Bonchev–Trinajstić information content (AvgIpc) is 3.01. The van der Waals surface area contributed by atoms with Crippen molar-refractivity contribution < 1.29 is 14.7 Å². The Balaban J connectivity index is 1.92. The average molecular weight is 271 g/mol. The fraction of sp³-hybridized carbons (Fsp3) is 0.214. The maximum atomic E-state index is 12.5. The summed E-state index contributed by atoms with van der Waals surface area (Å²) in [6.45, 7) is 0.999. The van der Waals surface area contributed by atoms with Crippen molar-refractivity contribution in [2.24, 2.45) is 7.05 Å². The van der Waals surface area contributed by atoms with Crippen molar-refractivity contribution in [2.45, 2.75) is 13.1 Å². The second kappa shape index (κ2) is 4.48. The minimum absolute atomic E-state index is 0.0616. The van der Waals surface area contributed by atoms with E-state index in [4.69, 9.17) is 5.11 Å². The number of carbonyl (C=O) groups excluding carboxylic acids is 1. The van der Waals surface area contributed by atoms with Crippen LogP contribution in [0.1, 0.15) is 32.0 Å². The number of rotatable bonds is 2. The van der Waals surface area contributed by atoms with Crippen LogP contribution in [0.5, 0.6) is 0 Å². The Morgan fingerprint density at radius 1 is 1.20 bits per heavy atom. The number of aryl methyl sites for hydroxylation is 1. The van der Waals surface area contributed by atoms with Crippen molar-refractivity contribution in [1.29, 1.82) is 0 Å². The standard InChI is InChI=1S/C14H13N3O3/c1-16-12(11(6-15-16)14(19)20)13(18)17-7-9-4-2-3-5-10(9)8-17/h2-6H,7-8H2,1H3,(H,19,20). The maximum absolute atomic E-state index is 12.5. The van der Waals surface area contributed by atoms with Gasteiger partial charge in [0.15, 0.2) is 0 Å². The van der Waals surface area contributed by atoms with Gasteiger partial charge >= 0.3 is 5.97 Å². The molecule has 0 fully saturated rings. The fourth-order valence-electron chi connectivity index (χ4n) is 2.47. The summed E-state index contributed by atoms with van der Waals surface area (Å²) in [5.41, 5.74) is 2.25. The normalized spacial score (nSPS) is 13.3. The number of carboxylic acids is 1. The molecule has 1 N–H and O–H groups in total. The van der Waals surface area contributed by atoms with Crippen LogP contribution in [0.4, 0.5) is 0 Å². The molecule has 0 radical (unpaired) electrons. The number of aromatic nitrogens is 2. The van der Waals surface area contributed by atoms with Crippen molar-refractivity contribution in [3.8, 4) is 0 Å². The molecule has 6 nitrogen and oxygen atoms in total. The largest absolute Gasteiger partial charge is 0.478 e. The van der Waals surface area contributed by atoms with Crippen molar-refractivity contribution in [2.75, 3.05) is 0 Å². The zero-order valence-electron chi connectivity index (χ0n) is 10.9. The number of aromatic carboxylic acids is 1. The Morgan fingerprint density at radius 3 is 2.35 bits per heavy atom. The number of amides is 1. The van der Waals surface area contributed by atoms with Crippen LogP contribution in [-0.2, 0) is 20.1 Å². The highest BCUT2D eigenvalue weighted by atomic mass is 16.4. The quantitative estimate of drug-likeness (QED) is 0.892. The first kappa shape index (κ1) is 12.4. The summed E-state index contributed by atoms with van der Waals surface area (Å²) in [5, 5.41) is 13.0. The van der Waals surface area contributed by atoms with Gasteiger partial charge in [-0.1, -0.05) is 24.3 Å².